The highest BCUT2D eigenvalue weighted by molar-refractivity contribution is 6.33. The van der Waals surface area contributed by atoms with Gasteiger partial charge in [0.15, 0.2) is 5.78 Å². The van der Waals surface area contributed by atoms with Crippen molar-refractivity contribution in [3.8, 4) is 5.75 Å². The molecule has 0 aromatic heterocycles. The van der Waals surface area contributed by atoms with Gasteiger partial charge in [-0.1, -0.05) is 29.8 Å². The van der Waals surface area contributed by atoms with Gasteiger partial charge in [-0.15, -0.1) is 0 Å². The average Bonchev–Trinajstić information content (AvgIpc) is 2.39. The first-order chi connectivity index (χ1) is 9.16. The predicted molar refractivity (Wildman–Crippen MR) is 72.3 cm³/mol. The van der Waals surface area contributed by atoms with Gasteiger partial charge in [0, 0.05) is 12.0 Å². The largest absolute Gasteiger partial charge is 0.493 e. The number of benzene rings is 2. The lowest BCUT2D eigenvalue weighted by atomic mass is 10.1. The van der Waals surface area contributed by atoms with Gasteiger partial charge >= 0.3 is 0 Å². The molecule has 2 rings (SSSR count). The smallest absolute Gasteiger partial charge is 0.167 e. The van der Waals surface area contributed by atoms with Gasteiger partial charge in [-0.2, -0.15) is 0 Å². The van der Waals surface area contributed by atoms with Crippen LogP contribution in [0.25, 0.3) is 0 Å². The van der Waals surface area contributed by atoms with Gasteiger partial charge in [0.05, 0.1) is 11.6 Å². The third-order valence-corrected chi connectivity index (χ3v) is 2.89. The van der Waals surface area contributed by atoms with E-state index in [9.17, 15) is 9.18 Å². The number of hydrogen-bond donors (Lipinski definition) is 0. The summed E-state index contributed by atoms with van der Waals surface area (Å²) in [6, 6.07) is 13.0. The monoisotopic (exact) mass is 278 g/mol. The Kier molecular flexibility index (Phi) is 4.53. The summed E-state index contributed by atoms with van der Waals surface area (Å²) in [5.41, 5.74) is 0.319. The van der Waals surface area contributed by atoms with Crippen molar-refractivity contribution >= 4 is 17.4 Å². The van der Waals surface area contributed by atoms with E-state index >= 15 is 0 Å². The summed E-state index contributed by atoms with van der Waals surface area (Å²) in [4.78, 5) is 11.9. The highest BCUT2D eigenvalue weighted by atomic mass is 35.5. The van der Waals surface area contributed by atoms with E-state index in [1.807, 2.05) is 30.3 Å². The van der Waals surface area contributed by atoms with Crippen molar-refractivity contribution in [1.29, 1.82) is 0 Å². The second-order valence-corrected chi connectivity index (χ2v) is 4.37. The Bertz CT molecular complexity index is 570. The summed E-state index contributed by atoms with van der Waals surface area (Å²) in [5.74, 6) is 0.0866. The van der Waals surface area contributed by atoms with Crippen molar-refractivity contribution < 1.29 is 13.9 Å². The molecule has 0 fully saturated rings. The minimum atomic E-state index is -0.456. The Morgan fingerprint density at radius 3 is 2.58 bits per heavy atom. The third-order valence-electron chi connectivity index (χ3n) is 2.57. The molecular formula is C15H12ClFO2. The number of carbonyl (C=O) groups is 1. The zero-order valence-electron chi connectivity index (χ0n) is 10.1. The Balaban J connectivity index is 1.91. The number of ether oxygens (including phenoxy) is 1. The number of rotatable bonds is 5. The van der Waals surface area contributed by atoms with Crippen LogP contribution in [-0.2, 0) is 0 Å². The van der Waals surface area contributed by atoms with E-state index in [0.717, 1.165) is 6.07 Å². The summed E-state index contributed by atoms with van der Waals surface area (Å²) in [6.07, 6.45) is 0.195. The fourth-order valence-corrected chi connectivity index (χ4v) is 1.90. The van der Waals surface area contributed by atoms with Gasteiger partial charge in [-0.05, 0) is 30.3 Å². The standard InChI is InChI=1S/C15H12ClFO2/c16-14-10-11(17)6-7-13(14)15(18)8-9-19-12-4-2-1-3-5-12/h1-7,10H,8-9H2. The minimum absolute atomic E-state index is 0.129. The third kappa shape index (κ3) is 3.80. The van der Waals surface area contributed by atoms with E-state index in [1.54, 1.807) is 0 Å². The fourth-order valence-electron chi connectivity index (χ4n) is 1.63. The molecule has 0 saturated carbocycles. The number of ketones is 1. The van der Waals surface area contributed by atoms with Crippen LogP contribution in [-0.4, -0.2) is 12.4 Å². The molecule has 0 atom stereocenters. The molecule has 0 aliphatic carbocycles. The summed E-state index contributed by atoms with van der Waals surface area (Å²) in [5, 5.41) is 0.129. The number of hydrogen-bond acceptors (Lipinski definition) is 2. The summed E-state index contributed by atoms with van der Waals surface area (Å²) in [7, 11) is 0. The van der Waals surface area contributed by atoms with E-state index in [2.05, 4.69) is 0 Å². The van der Waals surface area contributed by atoms with Crippen LogP contribution in [0.4, 0.5) is 4.39 Å². The van der Waals surface area contributed by atoms with E-state index in [1.165, 1.54) is 12.1 Å². The molecule has 0 bridgehead atoms. The Hall–Kier alpha value is -1.87. The molecule has 0 saturated heterocycles. The van der Waals surface area contributed by atoms with E-state index in [-0.39, 0.29) is 23.8 Å². The van der Waals surface area contributed by atoms with E-state index in [4.69, 9.17) is 16.3 Å². The second kappa shape index (κ2) is 6.34. The lowest BCUT2D eigenvalue weighted by Crippen LogP contribution is -2.07. The normalized spacial score (nSPS) is 10.2. The molecule has 0 radical (unpaired) electrons. The molecule has 0 aliphatic rings. The van der Waals surface area contributed by atoms with Gasteiger partial charge < -0.3 is 4.74 Å². The second-order valence-electron chi connectivity index (χ2n) is 3.96. The zero-order chi connectivity index (χ0) is 13.7. The van der Waals surface area contributed by atoms with Crippen molar-refractivity contribution in [2.24, 2.45) is 0 Å². The van der Waals surface area contributed by atoms with Crippen molar-refractivity contribution in [2.45, 2.75) is 6.42 Å². The molecule has 19 heavy (non-hydrogen) atoms. The maximum atomic E-state index is 12.9. The molecule has 2 aromatic carbocycles. The number of halogens is 2. The van der Waals surface area contributed by atoms with Crippen LogP contribution in [0.3, 0.4) is 0 Å². The number of carbonyl (C=O) groups excluding carboxylic acids is 1. The van der Waals surface area contributed by atoms with Crippen molar-refractivity contribution in [3.05, 3.63) is 64.9 Å². The predicted octanol–water partition coefficient (Wildman–Crippen LogP) is 4.13. The molecule has 0 amide bonds. The first-order valence-electron chi connectivity index (χ1n) is 5.83. The lowest BCUT2D eigenvalue weighted by Gasteiger charge is -2.06. The molecule has 4 heteroatoms. The van der Waals surface area contributed by atoms with Gasteiger partial charge in [0.2, 0.25) is 0 Å². The van der Waals surface area contributed by atoms with Gasteiger partial charge in [-0.3, -0.25) is 4.79 Å². The maximum absolute atomic E-state index is 12.9. The average molecular weight is 279 g/mol. The van der Waals surface area contributed by atoms with Crippen LogP contribution >= 0.6 is 11.6 Å². The van der Waals surface area contributed by atoms with Gasteiger partial charge in [0.1, 0.15) is 11.6 Å². The molecule has 2 aromatic rings. The Morgan fingerprint density at radius 2 is 1.89 bits per heavy atom. The molecule has 0 heterocycles. The van der Waals surface area contributed by atoms with Crippen LogP contribution in [0, 0.1) is 5.82 Å². The molecule has 98 valence electrons. The summed E-state index contributed by atoms with van der Waals surface area (Å²) >= 11 is 5.82. The number of para-hydroxylation sites is 1. The minimum Gasteiger partial charge on any atom is -0.493 e. The van der Waals surface area contributed by atoms with Crippen molar-refractivity contribution in [1.82, 2.24) is 0 Å². The van der Waals surface area contributed by atoms with E-state index < -0.39 is 5.82 Å². The molecule has 0 unspecified atom stereocenters. The maximum Gasteiger partial charge on any atom is 0.167 e. The summed E-state index contributed by atoms with van der Waals surface area (Å²) < 4.78 is 18.3. The highest BCUT2D eigenvalue weighted by Crippen LogP contribution is 2.19. The van der Waals surface area contributed by atoms with Crippen LogP contribution in [0.1, 0.15) is 16.8 Å². The SMILES string of the molecule is O=C(CCOc1ccccc1)c1ccc(F)cc1Cl. The molecular weight excluding hydrogens is 267 g/mol. The fraction of sp³-hybridized carbons (Fsp3) is 0.133. The van der Waals surface area contributed by atoms with Crippen LogP contribution in [0.2, 0.25) is 5.02 Å². The molecule has 2 nitrogen and oxygen atoms in total. The Morgan fingerprint density at radius 1 is 1.16 bits per heavy atom. The summed E-state index contributed by atoms with van der Waals surface area (Å²) in [6.45, 7) is 0.260. The number of Topliss-reactive ketones (excluding diaryl/α,β-unsaturated/α-hetero) is 1. The van der Waals surface area contributed by atoms with Gasteiger partial charge in [-0.25, -0.2) is 4.39 Å². The first kappa shape index (κ1) is 13.6. The van der Waals surface area contributed by atoms with Crippen molar-refractivity contribution in [3.63, 3.8) is 0 Å². The first-order valence-corrected chi connectivity index (χ1v) is 6.21. The quantitative estimate of drug-likeness (QED) is 0.769. The van der Waals surface area contributed by atoms with E-state index in [0.29, 0.717) is 11.3 Å². The Labute approximate surface area is 115 Å². The molecule has 0 spiro atoms. The molecule has 0 aliphatic heterocycles. The topological polar surface area (TPSA) is 26.3 Å². The highest BCUT2D eigenvalue weighted by Gasteiger charge is 2.11. The zero-order valence-corrected chi connectivity index (χ0v) is 10.9. The van der Waals surface area contributed by atoms with Crippen LogP contribution in [0.5, 0.6) is 5.75 Å². The van der Waals surface area contributed by atoms with Crippen LogP contribution in [0.15, 0.2) is 48.5 Å². The molecule has 0 N–H and O–H groups in total. The van der Waals surface area contributed by atoms with Crippen molar-refractivity contribution in [2.75, 3.05) is 6.61 Å². The lowest BCUT2D eigenvalue weighted by molar-refractivity contribution is 0.0962. The van der Waals surface area contributed by atoms with Gasteiger partial charge in [0.25, 0.3) is 0 Å². The van der Waals surface area contributed by atoms with Crippen LogP contribution < -0.4 is 4.74 Å².